The molecule has 3 N–H and O–H groups in total. The molecule has 0 amide bonds. The highest BCUT2D eigenvalue weighted by Gasteiger charge is 2.15. The highest BCUT2D eigenvalue weighted by atomic mass is 32.2. The van der Waals surface area contributed by atoms with Gasteiger partial charge in [0.1, 0.15) is 0 Å². The zero-order valence-corrected chi connectivity index (χ0v) is 11.7. The van der Waals surface area contributed by atoms with E-state index in [1.165, 1.54) is 4.31 Å². The fourth-order valence-corrected chi connectivity index (χ4v) is 2.51. The Bertz CT molecular complexity index is 474. The minimum absolute atomic E-state index is 0.433. The first-order valence-corrected chi connectivity index (χ1v) is 7.45. The van der Waals surface area contributed by atoms with Crippen LogP contribution in [-0.2, 0) is 16.6 Å². The van der Waals surface area contributed by atoms with Crippen LogP contribution in [0.2, 0.25) is 0 Å². The van der Waals surface area contributed by atoms with E-state index in [0.717, 1.165) is 12.0 Å². The van der Waals surface area contributed by atoms with Crippen molar-refractivity contribution in [1.29, 1.82) is 0 Å². The smallest absolute Gasteiger partial charge is 0.279 e. The van der Waals surface area contributed by atoms with Gasteiger partial charge in [-0.05, 0) is 30.5 Å². The Hall–Kier alpha value is -1.11. The van der Waals surface area contributed by atoms with Crippen LogP contribution in [0.3, 0.4) is 0 Å². The first-order valence-electron chi connectivity index (χ1n) is 6.01. The summed E-state index contributed by atoms with van der Waals surface area (Å²) in [4.78, 5) is 0. The topological polar surface area (TPSA) is 75.4 Å². The Kier molecular flexibility index (Phi) is 5.58. The molecule has 0 saturated carbocycles. The van der Waals surface area contributed by atoms with Crippen molar-refractivity contribution < 1.29 is 8.42 Å². The summed E-state index contributed by atoms with van der Waals surface area (Å²) in [5.41, 5.74) is 7.40. The van der Waals surface area contributed by atoms with E-state index < -0.39 is 10.2 Å². The summed E-state index contributed by atoms with van der Waals surface area (Å²) < 4.78 is 27.4. The van der Waals surface area contributed by atoms with E-state index >= 15 is 0 Å². The normalized spacial score (nSPS) is 11.9. The van der Waals surface area contributed by atoms with E-state index in [2.05, 4.69) is 4.72 Å². The monoisotopic (exact) mass is 271 g/mol. The quantitative estimate of drug-likeness (QED) is 0.726. The van der Waals surface area contributed by atoms with Gasteiger partial charge in [-0.3, -0.25) is 0 Å². The maximum atomic E-state index is 11.8. The molecule has 1 rings (SSSR count). The van der Waals surface area contributed by atoms with E-state index in [-0.39, 0.29) is 0 Å². The SMILES string of the molecule is CCCNS(=O)(=O)N(C)CCc1cccc(N)c1. The first kappa shape index (κ1) is 14.9. The van der Waals surface area contributed by atoms with Gasteiger partial charge in [0.25, 0.3) is 10.2 Å². The van der Waals surface area contributed by atoms with Gasteiger partial charge in [0.15, 0.2) is 0 Å². The van der Waals surface area contributed by atoms with Crippen molar-refractivity contribution in [3.8, 4) is 0 Å². The predicted molar refractivity (Wildman–Crippen MR) is 74.4 cm³/mol. The summed E-state index contributed by atoms with van der Waals surface area (Å²) in [6.45, 7) is 2.82. The molecule has 1 aromatic rings. The number of nitrogen functional groups attached to an aromatic ring is 1. The van der Waals surface area contributed by atoms with Crippen LogP contribution in [0.5, 0.6) is 0 Å². The molecule has 6 heteroatoms. The molecule has 0 radical (unpaired) electrons. The minimum Gasteiger partial charge on any atom is -0.399 e. The predicted octanol–water partition coefficient (Wildman–Crippen LogP) is 0.987. The molecule has 0 bridgehead atoms. The van der Waals surface area contributed by atoms with Crippen molar-refractivity contribution in [1.82, 2.24) is 9.03 Å². The van der Waals surface area contributed by atoms with Gasteiger partial charge in [0.05, 0.1) is 0 Å². The Morgan fingerprint density at radius 2 is 2.11 bits per heavy atom. The molecule has 0 aromatic heterocycles. The lowest BCUT2D eigenvalue weighted by Crippen LogP contribution is -2.39. The molecule has 0 heterocycles. The number of benzene rings is 1. The van der Waals surface area contributed by atoms with Gasteiger partial charge < -0.3 is 5.73 Å². The van der Waals surface area contributed by atoms with Gasteiger partial charge in [0.2, 0.25) is 0 Å². The summed E-state index contributed by atoms with van der Waals surface area (Å²) in [5, 5.41) is 0. The number of anilines is 1. The average Bonchev–Trinajstić information content (AvgIpc) is 2.33. The largest absolute Gasteiger partial charge is 0.399 e. The molecule has 0 spiro atoms. The van der Waals surface area contributed by atoms with Crippen molar-refractivity contribution in [2.75, 3.05) is 25.9 Å². The van der Waals surface area contributed by atoms with Crippen LogP contribution in [0.4, 0.5) is 5.69 Å². The highest BCUT2D eigenvalue weighted by molar-refractivity contribution is 7.87. The number of hydrogen-bond acceptors (Lipinski definition) is 3. The molecule has 0 saturated heterocycles. The van der Waals surface area contributed by atoms with Crippen LogP contribution in [0.1, 0.15) is 18.9 Å². The minimum atomic E-state index is -3.35. The zero-order chi connectivity index (χ0) is 13.6. The van der Waals surface area contributed by atoms with Crippen molar-refractivity contribution in [3.05, 3.63) is 29.8 Å². The van der Waals surface area contributed by atoms with E-state index in [1.54, 1.807) is 7.05 Å². The lowest BCUT2D eigenvalue weighted by molar-refractivity contribution is 0.461. The Morgan fingerprint density at radius 1 is 1.39 bits per heavy atom. The van der Waals surface area contributed by atoms with Crippen LogP contribution in [-0.4, -0.2) is 32.9 Å². The maximum Gasteiger partial charge on any atom is 0.279 e. The van der Waals surface area contributed by atoms with Crippen molar-refractivity contribution >= 4 is 15.9 Å². The Morgan fingerprint density at radius 3 is 2.72 bits per heavy atom. The number of nitrogens with zero attached hydrogens (tertiary/aromatic N) is 1. The fourth-order valence-electron chi connectivity index (χ4n) is 1.50. The fraction of sp³-hybridized carbons (Fsp3) is 0.500. The molecule has 102 valence electrons. The van der Waals surface area contributed by atoms with Crippen molar-refractivity contribution in [2.24, 2.45) is 0 Å². The highest BCUT2D eigenvalue weighted by Crippen LogP contribution is 2.08. The van der Waals surface area contributed by atoms with Gasteiger partial charge in [0, 0.05) is 25.8 Å². The Balaban J connectivity index is 2.53. The maximum absolute atomic E-state index is 11.8. The standard InChI is InChI=1S/C12H21N3O2S/c1-3-8-14-18(16,17)15(2)9-7-11-5-4-6-12(13)10-11/h4-6,10,14H,3,7-9,13H2,1-2H3. The molecule has 0 aliphatic carbocycles. The summed E-state index contributed by atoms with van der Waals surface area (Å²) in [6.07, 6.45) is 1.43. The van der Waals surface area contributed by atoms with Crippen molar-refractivity contribution in [2.45, 2.75) is 19.8 Å². The van der Waals surface area contributed by atoms with Gasteiger partial charge >= 0.3 is 0 Å². The molecule has 0 atom stereocenters. The summed E-state index contributed by atoms with van der Waals surface area (Å²) in [5.74, 6) is 0. The lowest BCUT2D eigenvalue weighted by atomic mass is 10.1. The second-order valence-corrected chi connectivity index (χ2v) is 6.08. The van der Waals surface area contributed by atoms with Gasteiger partial charge in [-0.1, -0.05) is 19.1 Å². The van der Waals surface area contributed by atoms with Crippen LogP contribution < -0.4 is 10.5 Å². The average molecular weight is 271 g/mol. The van der Waals surface area contributed by atoms with Crippen LogP contribution in [0.25, 0.3) is 0 Å². The van der Waals surface area contributed by atoms with E-state index in [1.807, 2.05) is 31.2 Å². The molecule has 1 aromatic carbocycles. The van der Waals surface area contributed by atoms with Gasteiger partial charge in [-0.25, -0.2) is 4.72 Å². The molecule has 0 unspecified atom stereocenters. The number of nitrogens with one attached hydrogen (secondary N) is 1. The van der Waals surface area contributed by atoms with E-state index in [0.29, 0.717) is 25.2 Å². The van der Waals surface area contributed by atoms with E-state index in [4.69, 9.17) is 5.73 Å². The number of hydrogen-bond donors (Lipinski definition) is 2. The van der Waals surface area contributed by atoms with Gasteiger partial charge in [-0.2, -0.15) is 12.7 Å². The number of nitrogens with two attached hydrogens (primary N) is 1. The second kappa shape index (κ2) is 6.72. The lowest BCUT2D eigenvalue weighted by Gasteiger charge is -2.17. The van der Waals surface area contributed by atoms with Crippen LogP contribution >= 0.6 is 0 Å². The summed E-state index contributed by atoms with van der Waals surface area (Å²) in [7, 11) is -1.78. The second-order valence-electron chi connectivity index (χ2n) is 4.22. The van der Waals surface area contributed by atoms with Gasteiger partial charge in [-0.15, -0.1) is 0 Å². The first-order chi connectivity index (χ1) is 8.45. The summed E-state index contributed by atoms with van der Waals surface area (Å²) >= 11 is 0. The summed E-state index contributed by atoms with van der Waals surface area (Å²) in [6, 6.07) is 7.48. The third-order valence-corrected chi connectivity index (χ3v) is 4.18. The third kappa shape index (κ3) is 4.64. The molecule has 5 nitrogen and oxygen atoms in total. The third-order valence-electron chi connectivity index (χ3n) is 2.61. The molecule has 0 aliphatic heterocycles. The molecule has 0 fully saturated rings. The molecular formula is C12H21N3O2S. The molecule has 18 heavy (non-hydrogen) atoms. The van der Waals surface area contributed by atoms with Crippen LogP contribution in [0, 0.1) is 0 Å². The molecule has 0 aliphatic rings. The van der Waals surface area contributed by atoms with E-state index in [9.17, 15) is 8.42 Å². The van der Waals surface area contributed by atoms with Crippen LogP contribution in [0.15, 0.2) is 24.3 Å². The van der Waals surface area contributed by atoms with Crippen molar-refractivity contribution in [3.63, 3.8) is 0 Å². The number of rotatable bonds is 7. The Labute approximate surface area is 109 Å². The number of likely N-dealkylation sites (N-methyl/N-ethyl adjacent to an activating group) is 1. The molecular weight excluding hydrogens is 250 g/mol. The zero-order valence-electron chi connectivity index (χ0n) is 10.9.